The van der Waals surface area contributed by atoms with Gasteiger partial charge in [0.05, 0.1) is 33.9 Å². The summed E-state index contributed by atoms with van der Waals surface area (Å²) in [7, 11) is -2.01. The van der Waals surface area contributed by atoms with Crippen LogP contribution in [-0.4, -0.2) is 44.9 Å². The van der Waals surface area contributed by atoms with E-state index < -0.39 is 10.0 Å². The highest BCUT2D eigenvalue weighted by Crippen LogP contribution is 2.32. The van der Waals surface area contributed by atoms with Gasteiger partial charge in [-0.15, -0.1) is 11.8 Å². The molecule has 168 valence electrons. The van der Waals surface area contributed by atoms with E-state index in [0.717, 1.165) is 32.7 Å². The van der Waals surface area contributed by atoms with E-state index in [1.807, 2.05) is 12.1 Å². The second kappa shape index (κ2) is 10.5. The number of fused-ring (bicyclic) bond motifs is 1. The zero-order chi connectivity index (χ0) is 22.4. The molecule has 1 aromatic heterocycles. The van der Waals surface area contributed by atoms with Gasteiger partial charge in [0.15, 0.2) is 0 Å². The highest BCUT2D eigenvalue weighted by atomic mass is 32.2. The normalized spacial score (nSPS) is 13.3. The van der Waals surface area contributed by atoms with Gasteiger partial charge in [-0.2, -0.15) is 0 Å². The Hall–Kier alpha value is -2.06. The third-order valence-electron chi connectivity index (χ3n) is 5.50. The fraction of sp³-hybridized carbons (Fsp3) is 0.478. The average molecular weight is 462 g/mol. The molecule has 0 saturated heterocycles. The first-order chi connectivity index (χ1) is 14.8. The van der Waals surface area contributed by atoms with Crippen LogP contribution in [0.4, 0.5) is 11.4 Å². The molecule has 2 heterocycles. The lowest BCUT2D eigenvalue weighted by atomic mass is 10.1. The molecule has 0 N–H and O–H groups in total. The van der Waals surface area contributed by atoms with Crippen molar-refractivity contribution in [2.24, 2.45) is 0 Å². The van der Waals surface area contributed by atoms with Crippen LogP contribution in [0.2, 0.25) is 0 Å². The van der Waals surface area contributed by atoms with Crippen molar-refractivity contribution in [3.05, 3.63) is 47.7 Å². The summed E-state index contributed by atoms with van der Waals surface area (Å²) in [5, 5.41) is 1.00. The number of unbranched alkanes of at least 4 members (excludes halogenated alkanes) is 4. The predicted molar refractivity (Wildman–Crippen MR) is 129 cm³/mol. The molecule has 0 spiro atoms. The molecule has 0 radical (unpaired) electrons. The summed E-state index contributed by atoms with van der Waals surface area (Å²) in [4.78, 5) is 19.8. The number of sulfonamides is 1. The van der Waals surface area contributed by atoms with E-state index >= 15 is 0 Å². The molecule has 0 aliphatic carbocycles. The highest BCUT2D eigenvalue weighted by Gasteiger charge is 2.29. The number of rotatable bonds is 10. The molecule has 0 saturated carbocycles. The molecule has 3 rings (SSSR count). The van der Waals surface area contributed by atoms with Gasteiger partial charge in [0, 0.05) is 20.0 Å². The van der Waals surface area contributed by atoms with Crippen LogP contribution in [0.15, 0.2) is 41.4 Å². The fourth-order valence-electron chi connectivity index (χ4n) is 3.67. The van der Waals surface area contributed by atoms with Crippen LogP contribution in [0.3, 0.4) is 0 Å². The van der Waals surface area contributed by atoms with E-state index in [2.05, 4.69) is 6.92 Å². The van der Waals surface area contributed by atoms with Crippen LogP contribution in [0.5, 0.6) is 0 Å². The van der Waals surface area contributed by atoms with Gasteiger partial charge in [0.25, 0.3) is 5.91 Å². The largest absolute Gasteiger partial charge is 0.306 e. The third kappa shape index (κ3) is 5.80. The van der Waals surface area contributed by atoms with E-state index in [0.29, 0.717) is 24.2 Å². The number of thioether (sulfide) groups is 1. The molecule has 1 aliphatic rings. The Morgan fingerprint density at radius 2 is 1.87 bits per heavy atom. The summed E-state index contributed by atoms with van der Waals surface area (Å²) in [6.45, 7) is 2.77. The maximum Gasteiger partial charge on any atom is 0.260 e. The molecule has 1 amide bonds. The predicted octanol–water partition coefficient (Wildman–Crippen LogP) is 4.74. The van der Waals surface area contributed by atoms with Crippen LogP contribution < -0.4 is 9.21 Å². The van der Waals surface area contributed by atoms with Gasteiger partial charge in [-0.05, 0) is 36.4 Å². The van der Waals surface area contributed by atoms with Crippen LogP contribution in [0.25, 0.3) is 0 Å². The van der Waals surface area contributed by atoms with Gasteiger partial charge < -0.3 is 4.90 Å². The Labute approximate surface area is 190 Å². The lowest BCUT2D eigenvalue weighted by molar-refractivity contribution is 0.0990. The minimum atomic E-state index is -3.47. The molecule has 0 unspecified atom stereocenters. The summed E-state index contributed by atoms with van der Waals surface area (Å²) >= 11 is 1.77. The number of anilines is 2. The Balaban J connectivity index is 1.72. The van der Waals surface area contributed by atoms with Gasteiger partial charge in [-0.1, -0.05) is 44.7 Å². The van der Waals surface area contributed by atoms with Crippen molar-refractivity contribution in [1.82, 2.24) is 4.98 Å². The molecule has 8 heteroatoms. The summed E-state index contributed by atoms with van der Waals surface area (Å²) in [5.74, 6) is 0.853. The minimum absolute atomic E-state index is 0.206. The second-order valence-electron chi connectivity index (χ2n) is 7.83. The van der Waals surface area contributed by atoms with E-state index in [4.69, 9.17) is 4.98 Å². The molecule has 31 heavy (non-hydrogen) atoms. The van der Waals surface area contributed by atoms with Gasteiger partial charge >= 0.3 is 0 Å². The van der Waals surface area contributed by atoms with Crippen LogP contribution in [-0.2, 0) is 16.4 Å². The number of amides is 1. The van der Waals surface area contributed by atoms with Crippen molar-refractivity contribution in [1.29, 1.82) is 0 Å². The quantitative estimate of drug-likeness (QED) is 0.377. The number of para-hydroxylation sites is 1. The van der Waals surface area contributed by atoms with E-state index in [9.17, 15) is 13.2 Å². The minimum Gasteiger partial charge on any atom is -0.306 e. The molecule has 1 aromatic carbocycles. The van der Waals surface area contributed by atoms with Crippen LogP contribution in [0.1, 0.15) is 55.1 Å². The van der Waals surface area contributed by atoms with E-state index in [1.165, 1.54) is 39.2 Å². The van der Waals surface area contributed by atoms with Gasteiger partial charge in [0.1, 0.15) is 0 Å². The number of aromatic nitrogens is 1. The number of carbonyl (C=O) groups excluding carboxylic acids is 1. The molecule has 2 aromatic rings. The summed E-state index contributed by atoms with van der Waals surface area (Å²) in [6.07, 6.45) is 8.14. The first-order valence-electron chi connectivity index (χ1n) is 10.8. The Morgan fingerprint density at radius 3 is 2.61 bits per heavy atom. The van der Waals surface area contributed by atoms with E-state index in [1.54, 1.807) is 40.9 Å². The number of benzene rings is 1. The van der Waals surface area contributed by atoms with Gasteiger partial charge in [0.2, 0.25) is 10.0 Å². The monoisotopic (exact) mass is 461 g/mol. The van der Waals surface area contributed by atoms with Crippen molar-refractivity contribution in [3.63, 3.8) is 0 Å². The highest BCUT2D eigenvalue weighted by molar-refractivity contribution is 7.99. The maximum absolute atomic E-state index is 13.3. The smallest absolute Gasteiger partial charge is 0.260 e. The van der Waals surface area contributed by atoms with Gasteiger partial charge in [-0.25, -0.2) is 13.4 Å². The molecule has 0 fully saturated rings. The van der Waals surface area contributed by atoms with Crippen LogP contribution in [0, 0.1) is 0 Å². The Morgan fingerprint density at radius 1 is 1.13 bits per heavy atom. The number of pyridine rings is 1. The lowest BCUT2D eigenvalue weighted by Crippen LogP contribution is -2.32. The Kier molecular flexibility index (Phi) is 8.00. The average Bonchev–Trinajstić information content (AvgIpc) is 3.17. The first kappa shape index (κ1) is 23.6. The van der Waals surface area contributed by atoms with Crippen molar-refractivity contribution < 1.29 is 13.2 Å². The Bertz CT molecular complexity index is 1020. The second-order valence-corrected chi connectivity index (χ2v) is 11.0. The van der Waals surface area contributed by atoms with Crippen molar-refractivity contribution in [2.45, 2.75) is 50.5 Å². The summed E-state index contributed by atoms with van der Waals surface area (Å²) in [5.41, 5.74) is 2.49. The van der Waals surface area contributed by atoms with E-state index in [-0.39, 0.29) is 5.91 Å². The zero-order valence-corrected chi connectivity index (χ0v) is 20.1. The topological polar surface area (TPSA) is 70.6 Å². The SMILES string of the molecule is CCCCCCCSc1ccc2c(n1)CCN2C(=O)c1ccccc1N(C)S(C)(=O)=O. The number of hydrogen-bond acceptors (Lipinski definition) is 5. The van der Waals surface area contributed by atoms with Crippen LogP contribution >= 0.6 is 11.8 Å². The maximum atomic E-state index is 13.3. The number of hydrogen-bond donors (Lipinski definition) is 0. The number of carbonyl (C=O) groups is 1. The first-order valence-corrected chi connectivity index (χ1v) is 13.6. The molecule has 0 atom stereocenters. The van der Waals surface area contributed by atoms with Crippen molar-refractivity contribution in [3.8, 4) is 0 Å². The molecular formula is C23H31N3O3S2. The molecule has 0 bridgehead atoms. The van der Waals surface area contributed by atoms with Crippen molar-refractivity contribution in [2.75, 3.05) is 34.8 Å². The third-order valence-corrected chi connectivity index (χ3v) is 7.71. The zero-order valence-electron chi connectivity index (χ0n) is 18.5. The fourth-order valence-corrected chi connectivity index (χ4v) is 5.08. The number of nitrogens with zero attached hydrogens (tertiary/aromatic N) is 3. The molecule has 6 nitrogen and oxygen atoms in total. The van der Waals surface area contributed by atoms with Gasteiger partial charge in [-0.3, -0.25) is 9.10 Å². The standard InChI is InChI=1S/C23H31N3O3S2/c1-4-5-6-7-10-17-30-22-14-13-21-19(24-22)15-16-26(21)23(27)18-11-8-9-12-20(18)25(2)31(3,28)29/h8-9,11-14H,4-7,10,15-17H2,1-3H3. The lowest BCUT2D eigenvalue weighted by Gasteiger charge is -2.23. The molecular weight excluding hydrogens is 430 g/mol. The van der Waals surface area contributed by atoms with Crippen molar-refractivity contribution >= 4 is 39.1 Å². The molecule has 1 aliphatic heterocycles. The summed E-state index contributed by atoms with van der Waals surface area (Å²) in [6, 6.07) is 10.8. The summed E-state index contributed by atoms with van der Waals surface area (Å²) < 4.78 is 25.2.